The van der Waals surface area contributed by atoms with Crippen LogP contribution >= 0.6 is 15.9 Å². The van der Waals surface area contributed by atoms with Crippen LogP contribution in [-0.4, -0.2) is 35.3 Å². The summed E-state index contributed by atoms with van der Waals surface area (Å²) in [6.45, 7) is -0.0904. The summed E-state index contributed by atoms with van der Waals surface area (Å²) in [6, 6.07) is 20.0. The van der Waals surface area contributed by atoms with Gasteiger partial charge in [0.05, 0.1) is 29.6 Å². The average molecular weight is 464 g/mol. The number of nitrogens with zero attached hydrogens (tertiary/aromatic N) is 2. The quantitative estimate of drug-likeness (QED) is 0.453. The molecule has 0 aliphatic rings. The van der Waals surface area contributed by atoms with Gasteiger partial charge in [-0.25, -0.2) is 4.98 Å². The van der Waals surface area contributed by atoms with Crippen LogP contribution in [0.5, 0.6) is 0 Å². The van der Waals surface area contributed by atoms with Gasteiger partial charge in [-0.15, -0.1) is 0 Å². The fourth-order valence-electron chi connectivity index (χ4n) is 3.15. The Kier molecular flexibility index (Phi) is 5.63. The van der Waals surface area contributed by atoms with Crippen molar-refractivity contribution in [1.82, 2.24) is 9.88 Å². The molecular weight excluding hydrogens is 446 g/mol. The molecule has 0 bridgehead atoms. The first-order chi connectivity index (χ1) is 14.5. The van der Waals surface area contributed by atoms with E-state index in [0.717, 1.165) is 9.86 Å². The van der Waals surface area contributed by atoms with Gasteiger partial charge in [0.15, 0.2) is 5.76 Å². The Balaban J connectivity index is 1.60. The Morgan fingerprint density at radius 1 is 1.07 bits per heavy atom. The number of aromatic nitrogens is 1. The first-order valence-corrected chi connectivity index (χ1v) is 10.1. The Morgan fingerprint density at radius 2 is 1.83 bits per heavy atom. The molecule has 2 amide bonds. The number of nitrogens with one attached hydrogen (secondary N) is 1. The predicted octanol–water partition coefficient (Wildman–Crippen LogP) is 4.97. The van der Waals surface area contributed by atoms with Gasteiger partial charge in [-0.1, -0.05) is 30.3 Å². The van der Waals surface area contributed by atoms with Crippen molar-refractivity contribution < 1.29 is 14.0 Å². The van der Waals surface area contributed by atoms with Crippen molar-refractivity contribution in [1.29, 1.82) is 0 Å². The first kappa shape index (κ1) is 19.8. The van der Waals surface area contributed by atoms with Gasteiger partial charge in [-0.05, 0) is 52.3 Å². The second-order valence-electron chi connectivity index (χ2n) is 6.74. The van der Waals surface area contributed by atoms with Gasteiger partial charge in [0.2, 0.25) is 5.91 Å². The molecule has 0 spiro atoms. The molecule has 0 saturated heterocycles. The predicted molar refractivity (Wildman–Crippen MR) is 119 cm³/mol. The minimum Gasteiger partial charge on any atom is -0.463 e. The maximum absolute atomic E-state index is 13.2. The number of fused-ring (bicyclic) bond motifs is 1. The minimum absolute atomic E-state index is 0.0904. The second-order valence-corrected chi connectivity index (χ2v) is 7.59. The molecule has 150 valence electrons. The maximum atomic E-state index is 13.2. The lowest BCUT2D eigenvalue weighted by atomic mass is 10.1. The molecule has 2 aromatic carbocycles. The van der Waals surface area contributed by atoms with Crippen LogP contribution in [0.25, 0.3) is 22.4 Å². The Labute approximate surface area is 181 Å². The normalized spacial score (nSPS) is 10.7. The lowest BCUT2D eigenvalue weighted by Crippen LogP contribution is -2.35. The number of halogens is 1. The number of amides is 2. The molecule has 0 radical (unpaired) electrons. The molecule has 30 heavy (non-hydrogen) atoms. The third-order valence-electron chi connectivity index (χ3n) is 4.60. The van der Waals surface area contributed by atoms with Crippen LogP contribution in [-0.2, 0) is 4.79 Å². The number of pyridine rings is 1. The van der Waals surface area contributed by atoms with E-state index in [9.17, 15) is 9.59 Å². The third-order valence-corrected chi connectivity index (χ3v) is 5.29. The van der Waals surface area contributed by atoms with E-state index in [1.807, 2.05) is 42.5 Å². The van der Waals surface area contributed by atoms with Crippen LogP contribution in [0.1, 0.15) is 10.4 Å². The summed E-state index contributed by atoms with van der Waals surface area (Å²) in [5.41, 5.74) is 2.36. The van der Waals surface area contributed by atoms with Gasteiger partial charge < -0.3 is 14.6 Å². The van der Waals surface area contributed by atoms with E-state index in [1.54, 1.807) is 37.6 Å². The lowest BCUT2D eigenvalue weighted by molar-refractivity contribution is -0.116. The van der Waals surface area contributed by atoms with Crippen LogP contribution in [0.3, 0.4) is 0 Å². The zero-order chi connectivity index (χ0) is 21.1. The topological polar surface area (TPSA) is 75.4 Å². The molecule has 0 saturated carbocycles. The van der Waals surface area contributed by atoms with Crippen molar-refractivity contribution in [3.05, 3.63) is 83.0 Å². The summed E-state index contributed by atoms with van der Waals surface area (Å²) in [6.07, 6.45) is 1.56. The number of anilines is 1. The van der Waals surface area contributed by atoms with Crippen molar-refractivity contribution in [3.63, 3.8) is 0 Å². The molecule has 2 heterocycles. The molecule has 6 nitrogen and oxygen atoms in total. The van der Waals surface area contributed by atoms with Crippen LogP contribution in [0.4, 0.5) is 5.69 Å². The van der Waals surface area contributed by atoms with Crippen LogP contribution in [0.15, 0.2) is 81.9 Å². The number of benzene rings is 2. The molecule has 0 atom stereocenters. The van der Waals surface area contributed by atoms with E-state index in [-0.39, 0.29) is 18.4 Å². The van der Waals surface area contributed by atoms with E-state index in [1.165, 1.54) is 4.90 Å². The Bertz CT molecular complexity index is 1220. The number of likely N-dealkylation sites (N-methyl/N-ethyl adjacent to an activating group) is 1. The van der Waals surface area contributed by atoms with Crippen molar-refractivity contribution >= 4 is 44.3 Å². The van der Waals surface area contributed by atoms with Gasteiger partial charge in [0.1, 0.15) is 5.69 Å². The lowest BCUT2D eigenvalue weighted by Gasteiger charge is -2.18. The number of carbonyl (C=O) groups is 2. The third kappa shape index (κ3) is 4.11. The molecule has 0 aliphatic heterocycles. The highest BCUT2D eigenvalue weighted by molar-refractivity contribution is 9.10. The average Bonchev–Trinajstić information content (AvgIpc) is 3.29. The number of rotatable bonds is 5. The summed E-state index contributed by atoms with van der Waals surface area (Å²) in [5.74, 6) is 0.00943. The maximum Gasteiger partial charge on any atom is 0.254 e. The van der Waals surface area contributed by atoms with Gasteiger partial charge in [-0.3, -0.25) is 9.59 Å². The number of hydrogen-bond donors (Lipinski definition) is 1. The molecule has 2 aromatic heterocycles. The van der Waals surface area contributed by atoms with Crippen LogP contribution in [0.2, 0.25) is 0 Å². The SMILES string of the molecule is CN(CC(=O)Nc1ccccc1Br)C(=O)c1cc(-c2ccco2)nc2ccccc12. The number of furan rings is 1. The summed E-state index contributed by atoms with van der Waals surface area (Å²) in [5, 5.41) is 3.53. The molecule has 7 heteroatoms. The smallest absolute Gasteiger partial charge is 0.254 e. The van der Waals surface area contributed by atoms with Crippen molar-refractivity contribution in [2.24, 2.45) is 0 Å². The van der Waals surface area contributed by atoms with E-state index in [0.29, 0.717) is 28.2 Å². The molecule has 0 fully saturated rings. The van der Waals surface area contributed by atoms with Crippen molar-refractivity contribution in [3.8, 4) is 11.5 Å². The summed E-state index contributed by atoms with van der Waals surface area (Å²) < 4.78 is 6.22. The molecule has 1 N–H and O–H groups in total. The summed E-state index contributed by atoms with van der Waals surface area (Å²) in [7, 11) is 1.60. The number of carbonyl (C=O) groups excluding carboxylic acids is 2. The van der Waals surface area contributed by atoms with Gasteiger partial charge in [0.25, 0.3) is 5.91 Å². The summed E-state index contributed by atoms with van der Waals surface area (Å²) >= 11 is 3.40. The highest BCUT2D eigenvalue weighted by atomic mass is 79.9. The zero-order valence-electron chi connectivity index (χ0n) is 16.1. The second kappa shape index (κ2) is 8.51. The number of para-hydroxylation sites is 2. The highest BCUT2D eigenvalue weighted by Gasteiger charge is 2.20. The summed E-state index contributed by atoms with van der Waals surface area (Å²) in [4.78, 5) is 31.7. The fraction of sp³-hybridized carbons (Fsp3) is 0.0870. The van der Waals surface area contributed by atoms with E-state index < -0.39 is 0 Å². The molecular formula is C23H18BrN3O3. The van der Waals surface area contributed by atoms with Crippen molar-refractivity contribution in [2.75, 3.05) is 18.9 Å². The van der Waals surface area contributed by atoms with Crippen LogP contribution < -0.4 is 5.32 Å². The largest absolute Gasteiger partial charge is 0.463 e. The van der Waals surface area contributed by atoms with Gasteiger partial charge in [-0.2, -0.15) is 0 Å². The first-order valence-electron chi connectivity index (χ1n) is 9.26. The molecule has 4 rings (SSSR count). The number of hydrogen-bond acceptors (Lipinski definition) is 4. The molecule has 4 aromatic rings. The fourth-order valence-corrected chi connectivity index (χ4v) is 3.53. The van der Waals surface area contributed by atoms with E-state index >= 15 is 0 Å². The van der Waals surface area contributed by atoms with E-state index in [2.05, 4.69) is 26.2 Å². The highest BCUT2D eigenvalue weighted by Crippen LogP contribution is 2.26. The van der Waals surface area contributed by atoms with Crippen LogP contribution in [0, 0.1) is 0 Å². The van der Waals surface area contributed by atoms with E-state index in [4.69, 9.17) is 4.42 Å². The standard InChI is InChI=1S/C23H18BrN3O3/c1-27(14-22(28)26-19-10-5-3-8-17(19)24)23(29)16-13-20(21-11-6-12-30-21)25-18-9-4-2-7-15(16)18/h2-13H,14H2,1H3,(H,26,28). The zero-order valence-corrected chi connectivity index (χ0v) is 17.7. The van der Waals surface area contributed by atoms with Gasteiger partial charge in [0, 0.05) is 16.9 Å². The van der Waals surface area contributed by atoms with Gasteiger partial charge >= 0.3 is 0 Å². The molecule has 0 unspecified atom stereocenters. The van der Waals surface area contributed by atoms with Crippen molar-refractivity contribution in [2.45, 2.75) is 0 Å². The Hall–Kier alpha value is -3.45. The monoisotopic (exact) mass is 463 g/mol. The minimum atomic E-state index is -0.289. The molecule has 0 aliphatic carbocycles. The Morgan fingerprint density at radius 3 is 2.60 bits per heavy atom.